The van der Waals surface area contributed by atoms with Crippen LogP contribution in [0.4, 0.5) is 76.1 Å². The van der Waals surface area contributed by atoms with Gasteiger partial charge in [0.05, 0.1) is 30.7 Å². The smallest absolute Gasteiger partial charge is 0.404 e. The number of piperidine rings is 1. The number of nitro groups is 5. The molecule has 0 aromatic heterocycles. The fourth-order valence-electron chi connectivity index (χ4n) is 14.6. The Morgan fingerprint density at radius 2 is 0.863 bits per heavy atom. The van der Waals surface area contributed by atoms with Crippen LogP contribution >= 0.6 is 57.3 Å². The highest BCUT2D eigenvalue weighted by Crippen LogP contribution is 2.45. The summed E-state index contributed by atoms with van der Waals surface area (Å²) in [5.74, 6) is -0.176. The summed E-state index contributed by atoms with van der Waals surface area (Å²) in [6.07, 6.45) is 20.2. The van der Waals surface area contributed by atoms with Crippen LogP contribution < -0.4 is 36.4 Å². The van der Waals surface area contributed by atoms with Crippen molar-refractivity contribution in [3.8, 4) is 11.8 Å². The molecule has 0 radical (unpaired) electrons. The molecule has 131 heavy (non-hydrogen) atoms. The number of Topliss-reactive ketones (excluding diaryl/α,β-unsaturated/α-hetero) is 1. The van der Waals surface area contributed by atoms with E-state index < -0.39 is 75.5 Å². The first-order chi connectivity index (χ1) is 59.6. The number of nitrogens with zero attached hydrogens (tertiary/aromatic N) is 13. The first-order valence-corrected chi connectivity index (χ1v) is 47.9. The van der Waals surface area contributed by atoms with E-state index in [4.69, 9.17) is 27.4 Å². The number of likely N-dealkylation sites (N-methyl/N-ethyl adjacent to an activating group) is 2. The fourth-order valence-corrected chi connectivity index (χ4v) is 14.8. The number of non-ortho nitro benzene ring substituents is 5. The van der Waals surface area contributed by atoms with Gasteiger partial charge in [-0.3, -0.25) is 99.6 Å². The predicted molar refractivity (Wildman–Crippen MR) is 515 cm³/mol. The summed E-state index contributed by atoms with van der Waals surface area (Å²) in [5, 5.41) is 79.2. The van der Waals surface area contributed by atoms with Gasteiger partial charge >= 0.3 is 32.8 Å². The average Bonchev–Trinajstić information content (AvgIpc) is 1.59. The van der Waals surface area contributed by atoms with E-state index in [0.717, 1.165) is 117 Å². The Morgan fingerprint density at radius 3 is 1.18 bits per heavy atom. The van der Waals surface area contributed by atoms with Gasteiger partial charge in [0.2, 0.25) is 0 Å². The molecule has 4 aliphatic heterocycles. The number of nitrogens with one attached hydrogen (secondary N) is 3. The number of ether oxygens (including phenoxy) is 1. The van der Waals surface area contributed by atoms with Crippen molar-refractivity contribution in [3.63, 3.8) is 0 Å². The number of nitrogens with two attached hydrogens (primary N) is 1. The molecule has 4 saturated heterocycles. The molecule has 0 unspecified atom stereocenters. The van der Waals surface area contributed by atoms with Gasteiger partial charge in [-0.05, 0) is 148 Å². The number of amides is 9. The quantitative estimate of drug-likeness (QED) is 0.00797. The van der Waals surface area contributed by atoms with E-state index >= 15 is 0 Å². The van der Waals surface area contributed by atoms with Crippen LogP contribution in [0, 0.1) is 72.9 Å². The lowest BCUT2D eigenvalue weighted by molar-refractivity contribution is -0.385. The fraction of sp³-hybridized carbons (Fsp3) is 0.453. The summed E-state index contributed by atoms with van der Waals surface area (Å²) in [6.45, 7) is 7.60. The Hall–Kier alpha value is -12.0. The number of isocyanates is 1. The molecule has 8 fully saturated rings. The largest absolute Gasteiger partial charge is 0.449 e. The maximum Gasteiger partial charge on any atom is 0.404 e. The second-order valence-corrected chi connectivity index (χ2v) is 37.7. The second-order valence-electron chi connectivity index (χ2n) is 30.4. The molecule has 4 heterocycles. The molecule has 8 aliphatic rings. The number of halogens is 4. The number of nitriles is 2. The van der Waals surface area contributed by atoms with Crippen molar-refractivity contribution in [2.24, 2.45) is 4.40 Å². The van der Waals surface area contributed by atoms with E-state index in [2.05, 4.69) is 70.1 Å². The Kier molecular flexibility index (Phi) is 51.3. The van der Waals surface area contributed by atoms with Gasteiger partial charge < -0.3 is 21.1 Å². The Labute approximate surface area is 792 Å². The normalized spacial score (nSPS) is 16.5. The monoisotopic (exact) mass is 2030 g/mol. The number of carbonyl (C=O) groups excluding carboxylic acids is 9. The molecular weight excluding hydrogens is 1920 g/mol. The van der Waals surface area contributed by atoms with Crippen molar-refractivity contribution in [3.05, 3.63) is 208 Å². The number of ketones is 1. The summed E-state index contributed by atoms with van der Waals surface area (Å²) in [4.78, 5) is 163. The molecule has 45 heteroatoms. The topological polar surface area (TPSA) is 551 Å². The second kappa shape index (κ2) is 56.5. The highest BCUT2D eigenvalue weighted by molar-refractivity contribution is 14.1. The number of benzene rings is 6. The molecule has 6 aromatic rings. The van der Waals surface area contributed by atoms with E-state index in [0.29, 0.717) is 80.1 Å². The minimum Gasteiger partial charge on any atom is -0.449 e. The van der Waals surface area contributed by atoms with Gasteiger partial charge in [0.1, 0.15) is 34.5 Å². The molecule has 6 aromatic carbocycles. The van der Waals surface area contributed by atoms with Gasteiger partial charge in [0.25, 0.3) is 52.2 Å². The van der Waals surface area contributed by atoms with Gasteiger partial charge in [-0.2, -0.15) is 13.7 Å². The van der Waals surface area contributed by atoms with Crippen molar-refractivity contribution in [2.45, 2.75) is 219 Å². The molecule has 9 amide bonds. The lowest BCUT2D eigenvalue weighted by Crippen LogP contribution is -2.56. The maximum absolute atomic E-state index is 12.6. The van der Waals surface area contributed by atoms with Gasteiger partial charge in [-0.25, -0.2) is 29.2 Å². The van der Waals surface area contributed by atoms with Crippen molar-refractivity contribution in [1.29, 1.82) is 10.5 Å². The molecule has 4 aliphatic carbocycles. The first-order valence-electron chi connectivity index (χ1n) is 39.6. The molecule has 714 valence electrons. The van der Waals surface area contributed by atoms with Gasteiger partial charge in [0.15, 0.2) is 8.07 Å². The lowest BCUT2D eigenvalue weighted by Gasteiger charge is -2.38. The van der Waals surface area contributed by atoms with Crippen molar-refractivity contribution in [1.82, 2.24) is 20.4 Å². The van der Waals surface area contributed by atoms with E-state index in [1.54, 1.807) is 24.3 Å². The number of hydrogen-bond donors (Lipinski definition) is 4. The number of rotatable bonds is 13. The number of nitro benzene ring substituents is 5. The zero-order valence-electron chi connectivity index (χ0n) is 70.4. The molecule has 14 rings (SSSR count). The van der Waals surface area contributed by atoms with E-state index in [1.807, 2.05) is 54.9 Å². The first kappa shape index (κ1) is 119. The van der Waals surface area contributed by atoms with Gasteiger partial charge in [0, 0.05) is 144 Å². The zero-order chi connectivity index (χ0) is 93.8. The van der Waals surface area contributed by atoms with Crippen molar-refractivity contribution >= 4 is 185 Å². The Morgan fingerprint density at radius 1 is 0.534 bits per heavy atom. The summed E-state index contributed by atoms with van der Waals surface area (Å²) in [5.41, 5.74) is 7.55. The van der Waals surface area contributed by atoms with Crippen LogP contribution in [-0.2, 0) is 44.6 Å². The third-order valence-electron chi connectivity index (χ3n) is 20.8. The van der Waals surface area contributed by atoms with Crippen LogP contribution in [0.25, 0.3) is 0 Å². The average molecular weight is 2030 g/mol. The molecule has 39 nitrogen and oxygen atoms in total. The third kappa shape index (κ3) is 34.7. The zero-order valence-corrected chi connectivity index (χ0v) is 76.7. The number of nitrogen functional groups attached to an aromatic ring is 1. The minimum atomic E-state index is -4.00. The number of anilines is 5. The molecule has 0 atom stereocenters. The lowest BCUT2D eigenvalue weighted by atomic mass is 9.80. The highest BCUT2D eigenvalue weighted by atomic mass is 127. The molecule has 3 spiro atoms. The summed E-state index contributed by atoms with van der Waals surface area (Å²) in [6, 6.07) is 39.8. The van der Waals surface area contributed by atoms with E-state index in [1.165, 1.54) is 139 Å². The predicted octanol–water partition coefficient (Wildman–Crippen LogP) is 19.9. The van der Waals surface area contributed by atoms with Gasteiger partial charge in [-0.15, -0.1) is 12.4 Å². The summed E-state index contributed by atoms with van der Waals surface area (Å²) >= 11 is 7.12. The molecule has 5 N–H and O–H groups in total. The van der Waals surface area contributed by atoms with Crippen LogP contribution in [0.1, 0.15) is 177 Å². The number of alkyl halides is 1. The Balaban J connectivity index is 0.00000149. The van der Waals surface area contributed by atoms with Crippen LogP contribution in [-0.4, -0.2) is 158 Å². The molecule has 0 bridgehead atoms. The van der Waals surface area contributed by atoms with Gasteiger partial charge in [-0.1, -0.05) is 171 Å². The summed E-state index contributed by atoms with van der Waals surface area (Å²) < 4.78 is 25.9. The maximum atomic E-state index is 12.6. The minimum absolute atomic E-state index is 0. The molecular formula is C86H115Cl3IN17O22SSi. The SMILES string of the molecule is C.C.C.C.CI.CN1C(=O)N(c2ccc([N+](=O)[O-])cc2)C2(CCCCC2)C1=O.CN1C(=O)N(c2ccc([N+](=O)[O-])cc2)C2(CCNCC2)C1=O.C[Si](C)(C)C#N.Cl.N#CC1(Nc2ccc([N+](=O)[O-])cc2)CCCCC1.Nc1ccc([N+](=O)[O-])cc1.O=C(Cl)OCc1ccccc1.O=C1CCCCC1.O=C1NC(=O)C2(CCCCC2)N1c1ccc([N+](=O)[O-])cc1.O=C=NS(=O)(=O)Cl. The molecule has 4 saturated carbocycles. The highest BCUT2D eigenvalue weighted by Gasteiger charge is 2.59. The Bertz CT molecular complexity index is 4950. The standard InChI is InChI=1S/C15H17N3O4.C14H16N4O4.C14H15N3O4.C13H15N3O2.C8H7ClO2.C6H6N2O2.C6H10O.C4H9NSi.CClNO3S.CH3I.4CH4.ClH/c1-16-13(19)15(9-3-2-4-10-15)17(14(16)20)11-5-7-12(8-6-11)18(21)22;1-16-12(19)14(6-8-15-9-7-14)17(13(16)20)10-2-4-11(5-3-10)18(21)22;18-12-14(8-2-1-3-9-14)16(13(19)15-12)10-4-6-11(7-5-10)17(20)21;14-10-13(8-2-1-3-9-13)15-11-4-6-12(7-5-11)16(17)18;9-8(10)11-6-7-4-2-1-3-5-7;7-5-1-3-6(4-2-5)8(9)10;7-6-4-2-1-3-5-6;1-6(2,3)4-5;2-7(5,6)3-1-4;1-2;;;;;/h5-8H,2-4,9-10H2,1H3;2-5,15H,6-9H2,1H3;4-7H,1-3,8-9H2,(H,15,18,19);4-7,15H,1-3,8-9H2;1-5H,6H2;1-4H,7H2;1-5H2;1-3H3;;1H3;4*1H4;1H. The van der Waals surface area contributed by atoms with Crippen LogP contribution in [0.15, 0.2) is 156 Å². The number of carbonyl (C=O) groups is 8. The van der Waals surface area contributed by atoms with Crippen molar-refractivity contribution < 1.29 is 80.9 Å². The van der Waals surface area contributed by atoms with E-state index in [-0.39, 0.29) is 107 Å². The number of urea groups is 3. The van der Waals surface area contributed by atoms with Crippen molar-refractivity contribution in [2.75, 3.05) is 57.9 Å². The van der Waals surface area contributed by atoms with Crippen LogP contribution in [0.2, 0.25) is 19.6 Å². The third-order valence-corrected chi connectivity index (χ3v) is 22.1. The van der Waals surface area contributed by atoms with Crippen LogP contribution in [0.3, 0.4) is 0 Å². The number of imide groups is 3. The number of hydrogen-bond acceptors (Lipinski definition) is 27. The van der Waals surface area contributed by atoms with E-state index in [9.17, 15) is 103 Å². The summed E-state index contributed by atoms with van der Waals surface area (Å²) in [7, 11) is 2.01. The van der Waals surface area contributed by atoms with Crippen LogP contribution in [0.5, 0.6) is 0 Å².